The minimum absolute atomic E-state index is 0.723. The molecule has 4 N–H and O–H groups in total. The van der Waals surface area contributed by atoms with Crippen LogP contribution in [0.1, 0.15) is 167 Å². The van der Waals surface area contributed by atoms with Gasteiger partial charge in [-0.3, -0.25) is 0 Å². The SMILES string of the molecule is C1CCC(C2NC3CCC(C4CCC5NC(C6CCCCC6)C(C6CCCCC6)NC5C4)CC3NC2C2CCCCC2)CC1. The minimum atomic E-state index is 0.723. The van der Waals surface area contributed by atoms with Crippen molar-refractivity contribution in [3.05, 3.63) is 0 Å². The summed E-state index contributed by atoms with van der Waals surface area (Å²) in [6.07, 6.45) is 38.3. The molecule has 10 unspecified atom stereocenters. The highest BCUT2D eigenvalue weighted by Gasteiger charge is 2.49. The molecule has 8 aliphatic rings. The first-order valence-corrected chi connectivity index (χ1v) is 20.8. The zero-order chi connectivity index (χ0) is 29.3. The first kappa shape index (κ1) is 31.1. The molecule has 8 fully saturated rings. The fourth-order valence-corrected chi connectivity index (χ4v) is 13.1. The van der Waals surface area contributed by atoms with Crippen LogP contribution in [-0.2, 0) is 0 Å². The van der Waals surface area contributed by atoms with Crippen molar-refractivity contribution in [3.8, 4) is 0 Å². The van der Waals surface area contributed by atoms with Crippen molar-refractivity contribution in [3.63, 3.8) is 0 Å². The molecule has 0 amide bonds. The highest BCUT2D eigenvalue weighted by molar-refractivity contribution is 5.09. The van der Waals surface area contributed by atoms with E-state index >= 15 is 0 Å². The molecule has 0 bridgehead atoms. The molecule has 6 aliphatic carbocycles. The summed E-state index contributed by atoms with van der Waals surface area (Å²) in [5, 5.41) is 17.9. The predicted octanol–water partition coefficient (Wildman–Crippen LogP) is 8.24. The smallest absolute Gasteiger partial charge is 0.0255 e. The topological polar surface area (TPSA) is 48.1 Å². The number of fused-ring (bicyclic) bond motifs is 2. The Morgan fingerprint density at radius 3 is 0.795 bits per heavy atom. The third-order valence-electron chi connectivity index (χ3n) is 15.5. The Morgan fingerprint density at radius 2 is 0.500 bits per heavy atom. The highest BCUT2D eigenvalue weighted by Crippen LogP contribution is 2.45. The first-order chi connectivity index (χ1) is 21.8. The number of nitrogens with one attached hydrogen (secondary N) is 4. The average Bonchev–Trinajstić information content (AvgIpc) is 3.11. The predicted molar refractivity (Wildman–Crippen MR) is 184 cm³/mol. The molecule has 0 aromatic carbocycles. The van der Waals surface area contributed by atoms with E-state index in [1.807, 2.05) is 0 Å². The molecule has 0 aromatic heterocycles. The van der Waals surface area contributed by atoms with Gasteiger partial charge in [0.15, 0.2) is 0 Å². The van der Waals surface area contributed by atoms with E-state index in [1.165, 1.54) is 167 Å². The van der Waals surface area contributed by atoms with Crippen LogP contribution < -0.4 is 21.3 Å². The molecule has 0 aromatic rings. The van der Waals surface area contributed by atoms with Crippen molar-refractivity contribution >= 4 is 0 Å². The van der Waals surface area contributed by atoms with E-state index in [1.54, 1.807) is 0 Å². The fraction of sp³-hybridized carbons (Fsp3) is 1.00. The van der Waals surface area contributed by atoms with Crippen molar-refractivity contribution in [2.45, 2.75) is 215 Å². The number of hydrogen-bond acceptors (Lipinski definition) is 4. The van der Waals surface area contributed by atoms with E-state index in [2.05, 4.69) is 21.3 Å². The summed E-state index contributed by atoms with van der Waals surface area (Å²) in [6, 6.07) is 5.89. The van der Waals surface area contributed by atoms with Gasteiger partial charge in [-0.15, -0.1) is 0 Å². The highest BCUT2D eigenvalue weighted by atomic mass is 15.2. The lowest BCUT2D eigenvalue weighted by Crippen LogP contribution is -2.71. The maximum Gasteiger partial charge on any atom is 0.0255 e. The zero-order valence-electron chi connectivity index (χ0n) is 28.5. The lowest BCUT2D eigenvalue weighted by atomic mass is 9.65. The van der Waals surface area contributed by atoms with E-state index in [4.69, 9.17) is 0 Å². The molecule has 2 saturated heterocycles. The van der Waals surface area contributed by atoms with Crippen LogP contribution in [-0.4, -0.2) is 48.3 Å². The van der Waals surface area contributed by atoms with Gasteiger partial charge in [-0.2, -0.15) is 0 Å². The maximum atomic E-state index is 4.50. The molecular weight excluding hydrogens is 536 g/mol. The van der Waals surface area contributed by atoms with Crippen LogP contribution >= 0.6 is 0 Å². The van der Waals surface area contributed by atoms with Crippen LogP contribution in [0.4, 0.5) is 0 Å². The average molecular weight is 607 g/mol. The molecular formula is C40H70N4. The van der Waals surface area contributed by atoms with Crippen molar-refractivity contribution in [1.82, 2.24) is 21.3 Å². The Morgan fingerprint density at radius 1 is 0.227 bits per heavy atom. The van der Waals surface area contributed by atoms with E-state index in [0.29, 0.717) is 0 Å². The Hall–Kier alpha value is -0.160. The van der Waals surface area contributed by atoms with Gasteiger partial charge in [0, 0.05) is 48.3 Å². The minimum Gasteiger partial charge on any atom is -0.308 e. The second-order valence-corrected chi connectivity index (χ2v) is 17.9. The molecule has 0 radical (unpaired) electrons. The van der Waals surface area contributed by atoms with E-state index in [0.717, 1.165) is 83.8 Å². The monoisotopic (exact) mass is 607 g/mol. The van der Waals surface area contributed by atoms with Gasteiger partial charge in [-0.1, -0.05) is 77.0 Å². The Balaban J connectivity index is 0.927. The standard InChI is InChI=1S/C40H70N4/c1-5-13-27(14-6-1)37-39(29-17-9-3-10-18-29)43-35-25-31(21-23-33(35)41-37)32-22-24-34-36(26-32)44-40(30-19-11-4-12-20-30)38(42-34)28-15-7-2-8-16-28/h27-44H,1-26H2. The van der Waals surface area contributed by atoms with Gasteiger partial charge in [-0.25, -0.2) is 0 Å². The fourth-order valence-electron chi connectivity index (χ4n) is 13.1. The number of piperazine rings is 2. The maximum absolute atomic E-state index is 4.50. The normalized spacial score (nSPS) is 45.8. The molecule has 6 saturated carbocycles. The molecule has 2 aliphatic heterocycles. The van der Waals surface area contributed by atoms with Gasteiger partial charge in [0.25, 0.3) is 0 Å². The molecule has 44 heavy (non-hydrogen) atoms. The van der Waals surface area contributed by atoms with Gasteiger partial charge in [0.1, 0.15) is 0 Å². The van der Waals surface area contributed by atoms with E-state index < -0.39 is 0 Å². The van der Waals surface area contributed by atoms with Crippen molar-refractivity contribution in [2.75, 3.05) is 0 Å². The lowest BCUT2D eigenvalue weighted by molar-refractivity contribution is 0.0296. The molecule has 4 heteroatoms. The summed E-state index contributed by atoms with van der Waals surface area (Å²) in [7, 11) is 0. The third kappa shape index (κ3) is 6.73. The van der Waals surface area contributed by atoms with Gasteiger partial charge in [-0.05, 0) is 125 Å². The molecule has 0 spiro atoms. The molecule has 2 heterocycles. The van der Waals surface area contributed by atoms with Crippen LogP contribution in [0.2, 0.25) is 0 Å². The Kier molecular flexibility index (Phi) is 10.3. The summed E-state index contributed by atoms with van der Waals surface area (Å²) in [5.41, 5.74) is 0. The Bertz CT molecular complexity index is 812. The number of rotatable bonds is 5. The van der Waals surface area contributed by atoms with E-state index in [9.17, 15) is 0 Å². The lowest BCUT2D eigenvalue weighted by Gasteiger charge is -2.55. The van der Waals surface area contributed by atoms with E-state index in [-0.39, 0.29) is 0 Å². The molecule has 10 atom stereocenters. The summed E-state index contributed by atoms with van der Waals surface area (Å²) in [6.45, 7) is 0. The van der Waals surface area contributed by atoms with Gasteiger partial charge < -0.3 is 21.3 Å². The van der Waals surface area contributed by atoms with Gasteiger partial charge in [0.05, 0.1) is 0 Å². The van der Waals surface area contributed by atoms with Crippen LogP contribution in [0.25, 0.3) is 0 Å². The molecule has 8 rings (SSSR count). The van der Waals surface area contributed by atoms with Crippen molar-refractivity contribution in [1.29, 1.82) is 0 Å². The van der Waals surface area contributed by atoms with Gasteiger partial charge in [0.2, 0.25) is 0 Å². The summed E-state index contributed by atoms with van der Waals surface area (Å²) in [5.74, 6) is 5.58. The molecule has 4 nitrogen and oxygen atoms in total. The first-order valence-electron chi connectivity index (χ1n) is 20.8. The van der Waals surface area contributed by atoms with Crippen molar-refractivity contribution in [2.24, 2.45) is 35.5 Å². The second-order valence-electron chi connectivity index (χ2n) is 17.9. The number of hydrogen-bond donors (Lipinski definition) is 4. The zero-order valence-corrected chi connectivity index (χ0v) is 28.5. The van der Waals surface area contributed by atoms with Crippen LogP contribution in [0.15, 0.2) is 0 Å². The largest absolute Gasteiger partial charge is 0.308 e. The summed E-state index contributed by atoms with van der Waals surface area (Å²) in [4.78, 5) is 0. The molecule has 250 valence electrons. The Labute approximate surface area is 271 Å². The quantitative estimate of drug-likeness (QED) is 0.255. The summed E-state index contributed by atoms with van der Waals surface area (Å²) < 4.78 is 0. The van der Waals surface area contributed by atoms with Crippen LogP contribution in [0, 0.1) is 35.5 Å². The second kappa shape index (κ2) is 14.5. The van der Waals surface area contributed by atoms with Crippen LogP contribution in [0.3, 0.4) is 0 Å². The van der Waals surface area contributed by atoms with Crippen molar-refractivity contribution < 1.29 is 0 Å². The van der Waals surface area contributed by atoms with Gasteiger partial charge >= 0.3 is 0 Å². The summed E-state index contributed by atoms with van der Waals surface area (Å²) >= 11 is 0. The van der Waals surface area contributed by atoms with Crippen LogP contribution in [0.5, 0.6) is 0 Å². The third-order valence-corrected chi connectivity index (χ3v) is 15.5.